The number of methoxy groups -OCH3 is 1. The Morgan fingerprint density at radius 2 is 2.00 bits per heavy atom. The second kappa shape index (κ2) is 12.5. The molecule has 0 aromatic heterocycles. The zero-order valence-electron chi connectivity index (χ0n) is 17.7. The molecule has 0 bridgehead atoms. The largest absolute Gasteiger partial charge is 0.497 e. The fraction of sp³-hybridized carbons (Fsp3) is 0.636. The number of amides is 2. The van der Waals surface area contributed by atoms with Gasteiger partial charge in [-0.1, -0.05) is 31.4 Å². The van der Waals surface area contributed by atoms with Crippen LogP contribution in [0.1, 0.15) is 37.7 Å². The van der Waals surface area contributed by atoms with Crippen LogP contribution in [-0.4, -0.2) is 54.1 Å². The molecule has 1 aliphatic heterocycles. The van der Waals surface area contributed by atoms with E-state index in [1.54, 1.807) is 30.6 Å². The van der Waals surface area contributed by atoms with E-state index in [0.29, 0.717) is 12.3 Å². The van der Waals surface area contributed by atoms with Gasteiger partial charge in [-0.05, 0) is 42.2 Å². The minimum absolute atomic E-state index is 0.0969. The van der Waals surface area contributed by atoms with Crippen LogP contribution in [0.5, 0.6) is 5.75 Å². The standard InChI is InChI=1S/C22H33N3O3S2/c1-28-18-9-7-16(8-10-18)13-24-20(26)19(25-21(27)22-23-11-12-30-22)15-29-14-17-5-3-2-4-6-17/h7-10,17,19,22-23H,2-6,11-15H2,1H3,(H,24,26)(H,25,27). The number of hydrogen-bond acceptors (Lipinski definition) is 6. The van der Waals surface area contributed by atoms with Gasteiger partial charge in [-0.25, -0.2) is 0 Å². The van der Waals surface area contributed by atoms with Gasteiger partial charge in [0.05, 0.1) is 7.11 Å². The molecule has 1 aromatic rings. The maximum Gasteiger partial charge on any atom is 0.248 e. The third kappa shape index (κ3) is 7.39. The Bertz CT molecular complexity index is 675. The maximum atomic E-state index is 12.9. The van der Waals surface area contributed by atoms with Gasteiger partial charge in [-0.2, -0.15) is 11.8 Å². The first kappa shape index (κ1) is 23.3. The van der Waals surface area contributed by atoms with Gasteiger partial charge in [0.25, 0.3) is 0 Å². The summed E-state index contributed by atoms with van der Waals surface area (Å²) in [5, 5.41) is 8.88. The molecular formula is C22H33N3O3S2. The van der Waals surface area contributed by atoms with Gasteiger partial charge in [0, 0.05) is 24.6 Å². The van der Waals surface area contributed by atoms with E-state index in [1.165, 1.54) is 32.1 Å². The topological polar surface area (TPSA) is 79.5 Å². The molecule has 166 valence electrons. The van der Waals surface area contributed by atoms with E-state index in [0.717, 1.165) is 35.3 Å². The van der Waals surface area contributed by atoms with E-state index in [9.17, 15) is 9.59 Å². The molecule has 1 aromatic carbocycles. The summed E-state index contributed by atoms with van der Waals surface area (Å²) in [6.45, 7) is 1.26. The lowest BCUT2D eigenvalue weighted by molar-refractivity contribution is -0.128. The van der Waals surface area contributed by atoms with Crippen LogP contribution in [0, 0.1) is 5.92 Å². The smallest absolute Gasteiger partial charge is 0.248 e. The molecule has 3 N–H and O–H groups in total. The van der Waals surface area contributed by atoms with Crippen LogP contribution in [0.15, 0.2) is 24.3 Å². The monoisotopic (exact) mass is 451 g/mol. The Morgan fingerprint density at radius 1 is 1.23 bits per heavy atom. The highest BCUT2D eigenvalue weighted by atomic mass is 32.2. The van der Waals surface area contributed by atoms with Crippen molar-refractivity contribution in [2.24, 2.45) is 5.92 Å². The third-order valence-electron chi connectivity index (χ3n) is 5.58. The average Bonchev–Trinajstić information content (AvgIpc) is 3.33. The second-order valence-corrected chi connectivity index (χ2v) is 10.2. The van der Waals surface area contributed by atoms with Crippen LogP contribution in [0.4, 0.5) is 0 Å². The molecule has 2 aliphatic rings. The molecule has 3 rings (SSSR count). The first-order chi connectivity index (χ1) is 14.7. The van der Waals surface area contributed by atoms with Gasteiger partial charge in [-0.3, -0.25) is 14.9 Å². The number of rotatable bonds is 10. The molecule has 2 unspecified atom stereocenters. The Morgan fingerprint density at radius 3 is 2.67 bits per heavy atom. The number of nitrogens with one attached hydrogen (secondary N) is 3. The van der Waals surface area contributed by atoms with Gasteiger partial charge >= 0.3 is 0 Å². The van der Waals surface area contributed by atoms with Gasteiger partial charge < -0.3 is 15.4 Å². The lowest BCUT2D eigenvalue weighted by atomic mass is 9.91. The fourth-order valence-electron chi connectivity index (χ4n) is 3.79. The SMILES string of the molecule is COc1ccc(CNC(=O)C(CSCC2CCCCC2)NC(=O)C2NCCS2)cc1. The molecule has 1 saturated carbocycles. The van der Waals surface area contributed by atoms with Crippen molar-refractivity contribution < 1.29 is 14.3 Å². The Kier molecular flexibility index (Phi) is 9.68. The fourth-order valence-corrected chi connectivity index (χ4v) is 5.99. The van der Waals surface area contributed by atoms with Crippen LogP contribution in [0.2, 0.25) is 0 Å². The van der Waals surface area contributed by atoms with Gasteiger partial charge in [0.1, 0.15) is 17.2 Å². The van der Waals surface area contributed by atoms with Crippen LogP contribution < -0.4 is 20.7 Å². The number of benzene rings is 1. The van der Waals surface area contributed by atoms with Crippen LogP contribution in [-0.2, 0) is 16.1 Å². The Labute approximate surface area is 188 Å². The Hall–Kier alpha value is -1.38. The van der Waals surface area contributed by atoms with E-state index in [1.807, 2.05) is 24.3 Å². The molecule has 6 nitrogen and oxygen atoms in total. The first-order valence-electron chi connectivity index (χ1n) is 10.8. The lowest BCUT2D eigenvalue weighted by Gasteiger charge is -2.23. The molecule has 8 heteroatoms. The first-order valence-corrected chi connectivity index (χ1v) is 13.0. The summed E-state index contributed by atoms with van der Waals surface area (Å²) in [5.41, 5.74) is 0.997. The van der Waals surface area contributed by atoms with Crippen molar-refractivity contribution in [2.45, 2.75) is 50.1 Å². The summed E-state index contributed by atoms with van der Waals surface area (Å²) >= 11 is 3.38. The number of carbonyl (C=O) groups excluding carboxylic acids is 2. The predicted octanol–water partition coefficient (Wildman–Crippen LogP) is 2.77. The van der Waals surface area contributed by atoms with Crippen LogP contribution >= 0.6 is 23.5 Å². The summed E-state index contributed by atoms with van der Waals surface area (Å²) in [6, 6.07) is 7.10. The molecule has 2 fully saturated rings. The summed E-state index contributed by atoms with van der Waals surface area (Å²) in [7, 11) is 1.63. The number of hydrogen-bond donors (Lipinski definition) is 3. The summed E-state index contributed by atoms with van der Waals surface area (Å²) < 4.78 is 5.17. The van der Waals surface area contributed by atoms with Crippen molar-refractivity contribution in [1.29, 1.82) is 0 Å². The van der Waals surface area contributed by atoms with E-state index in [4.69, 9.17) is 4.74 Å². The molecule has 1 saturated heterocycles. The molecule has 2 atom stereocenters. The highest BCUT2D eigenvalue weighted by Gasteiger charge is 2.28. The highest BCUT2D eigenvalue weighted by Crippen LogP contribution is 2.27. The maximum absolute atomic E-state index is 12.9. The zero-order chi connectivity index (χ0) is 21.2. The van der Waals surface area contributed by atoms with E-state index < -0.39 is 6.04 Å². The quantitative estimate of drug-likeness (QED) is 0.508. The minimum atomic E-state index is -0.521. The summed E-state index contributed by atoms with van der Waals surface area (Å²) in [6.07, 6.45) is 6.56. The van der Waals surface area contributed by atoms with Crippen molar-refractivity contribution in [3.8, 4) is 5.75 Å². The highest BCUT2D eigenvalue weighted by molar-refractivity contribution is 8.00. The molecule has 2 amide bonds. The van der Waals surface area contributed by atoms with Gasteiger partial charge in [0.2, 0.25) is 11.8 Å². The number of thioether (sulfide) groups is 2. The van der Waals surface area contributed by atoms with Crippen molar-refractivity contribution >= 4 is 35.3 Å². The summed E-state index contributed by atoms with van der Waals surface area (Å²) in [5.74, 6) is 3.90. The molecular weight excluding hydrogens is 418 g/mol. The molecule has 30 heavy (non-hydrogen) atoms. The van der Waals surface area contributed by atoms with Crippen LogP contribution in [0.3, 0.4) is 0 Å². The van der Waals surface area contributed by atoms with Crippen molar-refractivity contribution in [3.05, 3.63) is 29.8 Å². The van der Waals surface area contributed by atoms with Crippen molar-refractivity contribution in [2.75, 3.05) is 30.9 Å². The Balaban J connectivity index is 1.51. The normalized spacial score (nSPS) is 20.5. The molecule has 0 spiro atoms. The number of ether oxygens (including phenoxy) is 1. The predicted molar refractivity (Wildman–Crippen MR) is 125 cm³/mol. The van der Waals surface area contributed by atoms with E-state index in [2.05, 4.69) is 16.0 Å². The molecule has 1 aliphatic carbocycles. The van der Waals surface area contributed by atoms with Gasteiger partial charge in [0.15, 0.2) is 0 Å². The van der Waals surface area contributed by atoms with Crippen LogP contribution in [0.25, 0.3) is 0 Å². The molecule has 1 heterocycles. The van der Waals surface area contributed by atoms with Crippen molar-refractivity contribution in [1.82, 2.24) is 16.0 Å². The van der Waals surface area contributed by atoms with Gasteiger partial charge in [-0.15, -0.1) is 11.8 Å². The zero-order valence-corrected chi connectivity index (χ0v) is 19.3. The van der Waals surface area contributed by atoms with E-state index >= 15 is 0 Å². The molecule has 0 radical (unpaired) electrons. The third-order valence-corrected chi connectivity index (χ3v) is 8.01. The lowest BCUT2D eigenvalue weighted by Crippen LogP contribution is -2.52. The number of carbonyl (C=O) groups is 2. The van der Waals surface area contributed by atoms with E-state index in [-0.39, 0.29) is 17.2 Å². The summed E-state index contributed by atoms with van der Waals surface area (Å²) in [4.78, 5) is 25.5. The minimum Gasteiger partial charge on any atom is -0.497 e. The second-order valence-electron chi connectivity index (χ2n) is 7.87. The average molecular weight is 452 g/mol. The van der Waals surface area contributed by atoms with Crippen molar-refractivity contribution in [3.63, 3.8) is 0 Å².